The maximum atomic E-state index is 6.38. The van der Waals surface area contributed by atoms with Gasteiger partial charge in [-0.2, -0.15) is 0 Å². The normalized spacial score (nSPS) is 12.7. The van der Waals surface area contributed by atoms with Gasteiger partial charge in [-0.3, -0.25) is 0 Å². The van der Waals surface area contributed by atoms with Crippen molar-refractivity contribution in [3.63, 3.8) is 0 Å². The number of benzene rings is 1. The fourth-order valence-electron chi connectivity index (χ4n) is 1.57. The van der Waals surface area contributed by atoms with Gasteiger partial charge in [0.15, 0.2) is 0 Å². The van der Waals surface area contributed by atoms with Crippen molar-refractivity contribution in [1.29, 1.82) is 0 Å². The topological polar surface area (TPSA) is 0 Å². The molecular formula is C13H11Cl3S. The molecule has 0 saturated carbocycles. The van der Waals surface area contributed by atoms with E-state index in [0.29, 0.717) is 0 Å². The quantitative estimate of drug-likeness (QED) is 0.621. The van der Waals surface area contributed by atoms with Crippen LogP contribution in [0.2, 0.25) is 9.36 Å². The highest BCUT2D eigenvalue weighted by atomic mass is 35.5. The number of halogens is 3. The third-order valence-corrected chi connectivity index (χ3v) is 4.95. The molecule has 17 heavy (non-hydrogen) atoms. The number of hydrogen-bond acceptors (Lipinski definition) is 1. The summed E-state index contributed by atoms with van der Waals surface area (Å²) in [5.41, 5.74) is 2.27. The van der Waals surface area contributed by atoms with Crippen LogP contribution >= 0.6 is 46.1 Å². The molecule has 0 N–H and O–H groups in total. The third kappa shape index (κ3) is 3.38. The van der Waals surface area contributed by atoms with Crippen LogP contribution in [0.5, 0.6) is 0 Å². The highest BCUT2D eigenvalue weighted by Crippen LogP contribution is 2.35. The van der Waals surface area contributed by atoms with Gasteiger partial charge in [-0.05, 0) is 42.7 Å². The Kier molecular flexibility index (Phi) is 4.37. The summed E-state index contributed by atoms with van der Waals surface area (Å²) >= 11 is 19.8. The number of hydrogen-bond donors (Lipinski definition) is 0. The Hall–Kier alpha value is -0.210. The Morgan fingerprint density at radius 3 is 2.35 bits per heavy atom. The Morgan fingerprint density at radius 2 is 1.82 bits per heavy atom. The van der Waals surface area contributed by atoms with Crippen LogP contribution in [0, 0.1) is 6.92 Å². The van der Waals surface area contributed by atoms with Crippen LogP contribution in [0.4, 0.5) is 0 Å². The molecule has 0 saturated heterocycles. The first-order chi connectivity index (χ1) is 8.06. The van der Waals surface area contributed by atoms with Gasteiger partial charge in [0.05, 0.1) is 9.71 Å². The molecule has 0 aliphatic rings. The maximum absolute atomic E-state index is 6.38. The maximum Gasteiger partial charge on any atom is 0.0960 e. The first-order valence-electron chi connectivity index (χ1n) is 5.20. The lowest BCUT2D eigenvalue weighted by atomic mass is 10.1. The van der Waals surface area contributed by atoms with E-state index in [-0.39, 0.29) is 5.38 Å². The minimum atomic E-state index is -0.0348. The Bertz CT molecular complexity index is 482. The van der Waals surface area contributed by atoms with E-state index in [2.05, 4.69) is 6.07 Å². The largest absolute Gasteiger partial charge is 0.127 e. The Morgan fingerprint density at radius 1 is 1.18 bits per heavy atom. The average Bonchev–Trinajstić information content (AvgIpc) is 2.63. The van der Waals surface area contributed by atoms with Crippen LogP contribution < -0.4 is 0 Å². The molecule has 0 aliphatic carbocycles. The molecule has 0 nitrogen and oxygen atoms in total. The summed E-state index contributed by atoms with van der Waals surface area (Å²) < 4.78 is 0.821. The molecule has 1 heterocycles. The van der Waals surface area contributed by atoms with Crippen molar-refractivity contribution in [3.8, 4) is 0 Å². The van der Waals surface area contributed by atoms with Crippen molar-refractivity contribution in [2.24, 2.45) is 0 Å². The summed E-state index contributed by atoms with van der Waals surface area (Å²) in [6, 6.07) is 9.82. The van der Waals surface area contributed by atoms with Crippen LogP contribution in [-0.4, -0.2) is 0 Å². The number of alkyl halides is 1. The van der Waals surface area contributed by atoms with Crippen LogP contribution in [0.15, 0.2) is 30.3 Å². The number of thiophene rings is 1. The van der Waals surface area contributed by atoms with Gasteiger partial charge in [0.2, 0.25) is 0 Å². The Balaban J connectivity index is 2.11. The van der Waals surface area contributed by atoms with Crippen LogP contribution in [0.1, 0.15) is 21.4 Å². The first kappa shape index (κ1) is 13.2. The van der Waals surface area contributed by atoms with Gasteiger partial charge in [-0.15, -0.1) is 22.9 Å². The van der Waals surface area contributed by atoms with E-state index in [0.717, 1.165) is 26.2 Å². The summed E-state index contributed by atoms with van der Waals surface area (Å²) in [5.74, 6) is 0. The summed E-state index contributed by atoms with van der Waals surface area (Å²) in [6.07, 6.45) is 0.787. The van der Waals surface area contributed by atoms with E-state index in [1.807, 2.05) is 31.2 Å². The van der Waals surface area contributed by atoms with Crippen molar-refractivity contribution in [2.75, 3.05) is 0 Å². The zero-order chi connectivity index (χ0) is 12.4. The van der Waals surface area contributed by atoms with Gasteiger partial charge in [-0.1, -0.05) is 35.3 Å². The molecule has 1 aromatic carbocycles. The summed E-state index contributed by atoms with van der Waals surface area (Å²) in [6.45, 7) is 1.99. The van der Waals surface area contributed by atoms with E-state index in [4.69, 9.17) is 34.8 Å². The van der Waals surface area contributed by atoms with Crippen molar-refractivity contribution >= 4 is 46.1 Å². The van der Waals surface area contributed by atoms with Gasteiger partial charge < -0.3 is 0 Å². The van der Waals surface area contributed by atoms with E-state index in [1.165, 1.54) is 5.56 Å². The second-order valence-electron chi connectivity index (χ2n) is 3.90. The van der Waals surface area contributed by atoms with Gasteiger partial charge in [-0.25, -0.2) is 0 Å². The SMILES string of the molecule is Cc1cc(C(Cl)Cc2ccc(Cl)cc2)sc1Cl. The minimum Gasteiger partial charge on any atom is -0.127 e. The van der Waals surface area contributed by atoms with Gasteiger partial charge in [0.1, 0.15) is 0 Å². The fourth-order valence-corrected chi connectivity index (χ4v) is 3.26. The van der Waals surface area contributed by atoms with Crippen molar-refractivity contribution in [2.45, 2.75) is 18.7 Å². The fraction of sp³-hybridized carbons (Fsp3) is 0.231. The smallest absolute Gasteiger partial charge is 0.0960 e. The predicted molar refractivity (Wildman–Crippen MR) is 77.8 cm³/mol. The van der Waals surface area contributed by atoms with Crippen LogP contribution in [0.3, 0.4) is 0 Å². The van der Waals surface area contributed by atoms with E-state index in [9.17, 15) is 0 Å². The lowest BCUT2D eigenvalue weighted by molar-refractivity contribution is 0.939. The molecule has 4 heteroatoms. The standard InChI is InChI=1S/C13H11Cl3S/c1-8-6-12(17-13(8)16)11(15)7-9-2-4-10(14)5-3-9/h2-6,11H,7H2,1H3. The molecule has 90 valence electrons. The molecule has 0 amide bonds. The van der Waals surface area contributed by atoms with Crippen LogP contribution in [-0.2, 0) is 6.42 Å². The summed E-state index contributed by atoms with van der Waals surface area (Å²) in [5, 5.41) is 0.710. The van der Waals surface area contributed by atoms with Crippen molar-refractivity contribution in [3.05, 3.63) is 55.7 Å². The monoisotopic (exact) mass is 304 g/mol. The molecule has 0 radical (unpaired) electrons. The minimum absolute atomic E-state index is 0.0348. The Labute approximate surface area is 120 Å². The zero-order valence-electron chi connectivity index (χ0n) is 9.21. The van der Waals surface area contributed by atoms with Gasteiger partial charge in [0, 0.05) is 9.90 Å². The highest BCUT2D eigenvalue weighted by molar-refractivity contribution is 7.16. The second kappa shape index (κ2) is 5.62. The number of aryl methyl sites for hydroxylation is 1. The molecule has 2 rings (SSSR count). The molecule has 0 spiro atoms. The summed E-state index contributed by atoms with van der Waals surface area (Å²) in [4.78, 5) is 1.11. The first-order valence-corrected chi connectivity index (χ1v) is 7.21. The highest BCUT2D eigenvalue weighted by Gasteiger charge is 2.13. The molecule has 2 aromatic rings. The lowest BCUT2D eigenvalue weighted by Gasteiger charge is -2.07. The number of rotatable bonds is 3. The zero-order valence-corrected chi connectivity index (χ0v) is 12.3. The molecular weight excluding hydrogens is 295 g/mol. The van der Waals surface area contributed by atoms with Crippen molar-refractivity contribution < 1.29 is 0 Å². The molecule has 1 unspecified atom stereocenters. The van der Waals surface area contributed by atoms with Gasteiger partial charge in [0.25, 0.3) is 0 Å². The molecule has 0 aliphatic heterocycles. The molecule has 1 aromatic heterocycles. The van der Waals surface area contributed by atoms with Crippen LogP contribution in [0.25, 0.3) is 0 Å². The molecule has 1 atom stereocenters. The average molecular weight is 306 g/mol. The summed E-state index contributed by atoms with van der Waals surface area (Å²) in [7, 11) is 0. The lowest BCUT2D eigenvalue weighted by Crippen LogP contribution is -1.93. The second-order valence-corrected chi connectivity index (χ2v) is 6.55. The van der Waals surface area contributed by atoms with E-state index < -0.39 is 0 Å². The third-order valence-electron chi connectivity index (χ3n) is 2.51. The van der Waals surface area contributed by atoms with E-state index in [1.54, 1.807) is 11.3 Å². The van der Waals surface area contributed by atoms with Crippen molar-refractivity contribution in [1.82, 2.24) is 0 Å². The predicted octanol–water partition coefficient (Wildman–Crippen LogP) is 5.89. The van der Waals surface area contributed by atoms with Gasteiger partial charge >= 0.3 is 0 Å². The van der Waals surface area contributed by atoms with E-state index >= 15 is 0 Å². The molecule has 0 bridgehead atoms. The molecule has 0 fully saturated rings.